The van der Waals surface area contributed by atoms with Crippen molar-refractivity contribution in [3.05, 3.63) is 23.6 Å². The number of pyridine rings is 1. The minimum atomic E-state index is -0.708. The fraction of sp³-hybridized carbons (Fsp3) is 0.583. The second-order valence-electron chi connectivity index (χ2n) is 4.27. The van der Waals surface area contributed by atoms with E-state index in [1.165, 1.54) is 13.2 Å². The first-order chi connectivity index (χ1) is 8.19. The maximum absolute atomic E-state index is 13.4. The van der Waals surface area contributed by atoms with Crippen molar-refractivity contribution in [3.63, 3.8) is 0 Å². The molecule has 0 aliphatic carbocycles. The van der Waals surface area contributed by atoms with Crippen molar-refractivity contribution in [2.45, 2.75) is 19.0 Å². The summed E-state index contributed by atoms with van der Waals surface area (Å²) in [5.41, 5.74) is 0.811. The number of methoxy groups -OCH3 is 1. The Balaban J connectivity index is 1.88. The van der Waals surface area contributed by atoms with E-state index in [1.54, 1.807) is 6.20 Å². The highest BCUT2D eigenvalue weighted by molar-refractivity contribution is 5.20. The molecule has 0 spiro atoms. The first-order valence-corrected chi connectivity index (χ1v) is 5.74. The molecule has 0 N–H and O–H groups in total. The topological polar surface area (TPSA) is 25.4 Å². The van der Waals surface area contributed by atoms with Crippen LogP contribution < -0.4 is 4.74 Å². The highest BCUT2D eigenvalue weighted by Crippen LogP contribution is 2.16. The smallest absolute Gasteiger partial charge is 0.250 e. The molecule has 0 saturated carbocycles. The molecular formula is C12H16F2N2O. The summed E-state index contributed by atoms with van der Waals surface area (Å²) in [6, 6.07) is 1.43. The molecule has 1 fully saturated rings. The van der Waals surface area contributed by atoms with Gasteiger partial charge >= 0.3 is 0 Å². The lowest BCUT2D eigenvalue weighted by Gasteiger charge is -2.14. The maximum atomic E-state index is 13.4. The zero-order chi connectivity index (χ0) is 12.3. The van der Waals surface area contributed by atoms with Gasteiger partial charge in [0, 0.05) is 25.8 Å². The third-order valence-electron chi connectivity index (χ3n) is 2.99. The number of ether oxygens (including phenoxy) is 1. The summed E-state index contributed by atoms with van der Waals surface area (Å²) in [6.07, 6.45) is 2.18. The van der Waals surface area contributed by atoms with E-state index in [0.29, 0.717) is 19.4 Å². The highest BCUT2D eigenvalue weighted by Gasteiger charge is 2.21. The average molecular weight is 242 g/mol. The fourth-order valence-corrected chi connectivity index (χ4v) is 2.03. The number of nitrogens with zero attached hydrogens (tertiary/aromatic N) is 2. The molecule has 3 nitrogen and oxygen atoms in total. The standard InChI is InChI=1S/C12H16F2N2O/c1-17-12-11(14)6-9(7-15-12)2-4-16-5-3-10(13)8-16/h6-7,10H,2-5,8H2,1H3/t10-/m1/s1. The zero-order valence-electron chi connectivity index (χ0n) is 9.83. The number of rotatable bonds is 4. The van der Waals surface area contributed by atoms with Crippen LogP contribution in [0.4, 0.5) is 8.78 Å². The SMILES string of the molecule is COc1ncc(CCN2CC[C@@H](F)C2)cc1F. The van der Waals surface area contributed by atoms with Crippen LogP contribution in [0.5, 0.6) is 5.88 Å². The van der Waals surface area contributed by atoms with Crippen molar-refractivity contribution in [2.75, 3.05) is 26.7 Å². The summed E-state index contributed by atoms with van der Waals surface area (Å²) in [5.74, 6) is -0.437. The number of likely N-dealkylation sites (tertiary alicyclic amines) is 1. The zero-order valence-corrected chi connectivity index (χ0v) is 9.83. The first-order valence-electron chi connectivity index (χ1n) is 5.74. The molecule has 1 aliphatic heterocycles. The molecule has 1 aliphatic rings. The predicted molar refractivity (Wildman–Crippen MR) is 60.4 cm³/mol. The molecule has 1 atom stereocenters. The Labute approximate surface area is 99.4 Å². The van der Waals surface area contributed by atoms with Gasteiger partial charge in [0.15, 0.2) is 5.82 Å². The summed E-state index contributed by atoms with van der Waals surface area (Å²) < 4.78 is 31.0. The highest BCUT2D eigenvalue weighted by atomic mass is 19.1. The number of hydrogen-bond donors (Lipinski definition) is 0. The van der Waals surface area contributed by atoms with Gasteiger partial charge in [-0.2, -0.15) is 0 Å². The molecule has 94 valence electrons. The van der Waals surface area contributed by atoms with Crippen LogP contribution in [-0.4, -0.2) is 42.8 Å². The van der Waals surface area contributed by atoms with Crippen molar-refractivity contribution >= 4 is 0 Å². The minimum Gasteiger partial charge on any atom is -0.479 e. The molecule has 0 aromatic carbocycles. The molecule has 0 bridgehead atoms. The van der Waals surface area contributed by atoms with Gasteiger partial charge in [-0.05, 0) is 24.5 Å². The van der Waals surface area contributed by atoms with Crippen LogP contribution in [0.3, 0.4) is 0 Å². The number of aromatic nitrogens is 1. The fourth-order valence-electron chi connectivity index (χ4n) is 2.03. The molecule has 0 radical (unpaired) electrons. The quantitative estimate of drug-likeness (QED) is 0.805. The maximum Gasteiger partial charge on any atom is 0.250 e. The third-order valence-corrected chi connectivity index (χ3v) is 2.99. The van der Waals surface area contributed by atoms with E-state index in [2.05, 4.69) is 4.98 Å². The van der Waals surface area contributed by atoms with Gasteiger partial charge in [-0.15, -0.1) is 0 Å². The Morgan fingerprint density at radius 1 is 1.59 bits per heavy atom. The molecule has 17 heavy (non-hydrogen) atoms. The van der Waals surface area contributed by atoms with Crippen LogP contribution in [0.15, 0.2) is 12.3 Å². The van der Waals surface area contributed by atoms with Gasteiger partial charge in [0.05, 0.1) is 7.11 Å². The molecule has 2 heterocycles. The van der Waals surface area contributed by atoms with Gasteiger partial charge in [0.2, 0.25) is 5.88 Å². The largest absolute Gasteiger partial charge is 0.479 e. The van der Waals surface area contributed by atoms with E-state index < -0.39 is 12.0 Å². The van der Waals surface area contributed by atoms with Crippen molar-refractivity contribution in [3.8, 4) is 5.88 Å². The molecule has 5 heteroatoms. The van der Waals surface area contributed by atoms with Crippen LogP contribution in [-0.2, 0) is 6.42 Å². The van der Waals surface area contributed by atoms with Gasteiger partial charge < -0.3 is 9.64 Å². The Hall–Kier alpha value is -1.23. The van der Waals surface area contributed by atoms with E-state index in [9.17, 15) is 8.78 Å². The molecule has 0 amide bonds. The van der Waals surface area contributed by atoms with E-state index in [1.807, 2.05) is 4.90 Å². The minimum absolute atomic E-state index is 0.0127. The summed E-state index contributed by atoms with van der Waals surface area (Å²) in [4.78, 5) is 5.92. The third kappa shape index (κ3) is 3.12. The van der Waals surface area contributed by atoms with Crippen LogP contribution in [0, 0.1) is 5.82 Å². The van der Waals surface area contributed by atoms with E-state index in [4.69, 9.17) is 4.74 Å². The Bertz CT molecular complexity index is 387. The first kappa shape index (κ1) is 12.2. The number of hydrogen-bond acceptors (Lipinski definition) is 3. The van der Waals surface area contributed by atoms with Crippen LogP contribution in [0.25, 0.3) is 0 Å². The van der Waals surface area contributed by atoms with Crippen LogP contribution in [0.2, 0.25) is 0 Å². The van der Waals surface area contributed by atoms with E-state index in [0.717, 1.165) is 18.7 Å². The molecular weight excluding hydrogens is 226 g/mol. The summed E-state index contributed by atoms with van der Waals surface area (Å²) in [7, 11) is 1.39. The monoisotopic (exact) mass is 242 g/mol. The van der Waals surface area contributed by atoms with Crippen molar-refractivity contribution < 1.29 is 13.5 Å². The number of alkyl halides is 1. The van der Waals surface area contributed by atoms with Crippen molar-refractivity contribution in [1.29, 1.82) is 0 Å². The second kappa shape index (κ2) is 5.40. The summed E-state index contributed by atoms with van der Waals surface area (Å²) in [6.45, 7) is 2.02. The van der Waals surface area contributed by atoms with Crippen molar-refractivity contribution in [2.24, 2.45) is 0 Å². The summed E-state index contributed by atoms with van der Waals surface area (Å²) >= 11 is 0. The lowest BCUT2D eigenvalue weighted by molar-refractivity contribution is 0.290. The van der Waals surface area contributed by atoms with Gasteiger partial charge in [-0.25, -0.2) is 13.8 Å². The average Bonchev–Trinajstić information content (AvgIpc) is 2.73. The van der Waals surface area contributed by atoms with Gasteiger partial charge in [-0.1, -0.05) is 0 Å². The molecule has 0 unspecified atom stereocenters. The lowest BCUT2D eigenvalue weighted by atomic mass is 10.2. The van der Waals surface area contributed by atoms with E-state index in [-0.39, 0.29) is 5.88 Å². The van der Waals surface area contributed by atoms with E-state index >= 15 is 0 Å². The Kier molecular flexibility index (Phi) is 3.89. The van der Waals surface area contributed by atoms with Gasteiger partial charge in [0.1, 0.15) is 6.17 Å². The predicted octanol–water partition coefficient (Wildman–Crippen LogP) is 1.82. The molecule has 1 aromatic heterocycles. The molecule has 1 aromatic rings. The van der Waals surface area contributed by atoms with Crippen molar-refractivity contribution in [1.82, 2.24) is 9.88 Å². The van der Waals surface area contributed by atoms with Crippen LogP contribution >= 0.6 is 0 Å². The van der Waals surface area contributed by atoms with Crippen LogP contribution in [0.1, 0.15) is 12.0 Å². The van der Waals surface area contributed by atoms with Gasteiger partial charge in [0.25, 0.3) is 0 Å². The normalized spacial score (nSPS) is 20.8. The van der Waals surface area contributed by atoms with Gasteiger partial charge in [-0.3, -0.25) is 0 Å². The second-order valence-corrected chi connectivity index (χ2v) is 4.27. The lowest BCUT2D eigenvalue weighted by Crippen LogP contribution is -2.23. The Morgan fingerprint density at radius 3 is 3.00 bits per heavy atom. The Morgan fingerprint density at radius 2 is 2.41 bits per heavy atom. The molecule has 2 rings (SSSR count). The molecule has 1 saturated heterocycles. The number of halogens is 2. The summed E-state index contributed by atoms with van der Waals surface area (Å²) in [5, 5.41) is 0.